The third-order valence-electron chi connectivity index (χ3n) is 18.1. The van der Waals surface area contributed by atoms with E-state index in [2.05, 4.69) is 152 Å². The molecule has 0 radical (unpaired) electrons. The number of unbranched alkanes of at least 4 members (excludes halogenated alkanes) is 5. The van der Waals surface area contributed by atoms with Crippen LogP contribution in [0.1, 0.15) is 168 Å². The van der Waals surface area contributed by atoms with Crippen LogP contribution in [0.25, 0.3) is 0 Å². The van der Waals surface area contributed by atoms with Crippen molar-refractivity contribution >= 4 is 114 Å². The Morgan fingerprint density at radius 1 is 0.331 bits per heavy atom. The van der Waals surface area contributed by atoms with E-state index in [1.165, 1.54) is 56.2 Å². The lowest BCUT2D eigenvalue weighted by molar-refractivity contribution is -0.123. The molecule has 4 aliphatic rings. The van der Waals surface area contributed by atoms with Crippen molar-refractivity contribution in [3.05, 3.63) is 144 Å². The fraction of sp³-hybridized carbons (Fsp3) is 0.598. The van der Waals surface area contributed by atoms with Crippen molar-refractivity contribution in [1.29, 1.82) is 0 Å². The van der Waals surface area contributed by atoms with Crippen molar-refractivity contribution < 1.29 is 155 Å². The second-order valence-electron chi connectivity index (χ2n) is 29.0. The monoisotopic (exact) mass is 2150 g/mol. The molecule has 4 aromatic rings. The molecule has 4 heterocycles. The predicted molar refractivity (Wildman–Crippen MR) is 564 cm³/mol. The molecule has 4 fully saturated rings. The lowest BCUT2D eigenvalue weighted by Crippen LogP contribution is -2.48. The third-order valence-corrected chi connectivity index (χ3v) is 21.1. The van der Waals surface area contributed by atoms with E-state index < -0.39 is 66.9 Å². The minimum atomic E-state index is -0.693. The second-order valence-corrected chi connectivity index (χ2v) is 31.6. The number of fused-ring (bicyclic) bond motifs is 2. The number of ether oxygens (including phenoxy) is 9. The number of hydrazine groups is 2. The number of carbonyl (C=O) groups is 15. The third kappa shape index (κ3) is 86.3. The Morgan fingerprint density at radius 2 is 0.595 bits per heavy atom. The number of benzene rings is 4. The van der Waals surface area contributed by atoms with E-state index in [4.69, 9.17) is 50.3 Å². The number of aliphatic hydroxyl groups is 8. The fourth-order valence-electron chi connectivity index (χ4n) is 11.3. The number of amides is 17. The summed E-state index contributed by atoms with van der Waals surface area (Å²) in [5.74, 6) is 1.02. The van der Waals surface area contributed by atoms with Gasteiger partial charge < -0.3 is 153 Å². The van der Waals surface area contributed by atoms with Gasteiger partial charge in [-0.2, -0.15) is 23.5 Å². The van der Waals surface area contributed by atoms with Gasteiger partial charge in [0.2, 0.25) is 23.6 Å². The number of rotatable bonds is 39. The molecule has 0 aromatic heterocycles. The first-order chi connectivity index (χ1) is 71.5. The first kappa shape index (κ1) is 148. The van der Waals surface area contributed by atoms with Crippen LogP contribution in [0, 0.1) is 0 Å². The van der Waals surface area contributed by atoms with Gasteiger partial charge >= 0.3 is 66.9 Å². The smallest absolute Gasteiger partial charge is 0.425 e. The number of methoxy groups -OCH3 is 7. The van der Waals surface area contributed by atoms with Crippen LogP contribution in [0.5, 0.6) is 0 Å². The summed E-state index contributed by atoms with van der Waals surface area (Å²) in [6.45, 7) is 18.9. The maximum Gasteiger partial charge on any atom is 0.425 e. The van der Waals surface area contributed by atoms with Crippen LogP contribution in [0.2, 0.25) is 0 Å². The van der Waals surface area contributed by atoms with Crippen LogP contribution < -0.4 is 90.8 Å². The molecular weight excluding hydrogens is 1980 g/mol. The molecule has 49 nitrogen and oxygen atoms in total. The SMILES string of the molecule is CC.CC.CCC.CCCCCNC(=O)C(Cc1ccccc1)NC(=O)OCc1ccccc1.CCCCNC(=O)C(Cc1ccccc1)NC(=O)OCc1ccccc1.CO.CO.CO.COC(=O)NCCO.COC(=O)NCCO.COC(=O)NCCO.COC(=O)NCCO.COC(=O)NCCO.COC(=O)NNC(=O)CCCCC1SCC2NC(=O)NC21.COC(=O)NNC(=O)CCCCC1SCC2NC(=O)NC21. The Kier molecular flexibility index (Phi) is 108. The molecule has 0 aliphatic carbocycles. The van der Waals surface area contributed by atoms with Crippen molar-refractivity contribution in [2.24, 2.45) is 0 Å². The van der Waals surface area contributed by atoms with Crippen LogP contribution in [0.15, 0.2) is 121 Å². The van der Waals surface area contributed by atoms with Gasteiger partial charge in [0.25, 0.3) is 0 Å². The van der Waals surface area contributed by atoms with Gasteiger partial charge in [0, 0.05) is 115 Å². The maximum absolute atomic E-state index is 12.5. The van der Waals surface area contributed by atoms with E-state index in [1.54, 1.807) is 0 Å². The zero-order chi connectivity index (χ0) is 113. The highest BCUT2D eigenvalue weighted by Gasteiger charge is 2.44. The highest BCUT2D eigenvalue weighted by Crippen LogP contribution is 2.34. The summed E-state index contributed by atoms with van der Waals surface area (Å²) in [5.41, 5.74) is 12.6. The lowest BCUT2D eigenvalue weighted by atomic mass is 10.0. The molecule has 0 saturated carbocycles. The lowest BCUT2D eigenvalue weighted by Gasteiger charge is -2.18. The highest BCUT2D eigenvalue weighted by atomic mass is 32.2. The summed E-state index contributed by atoms with van der Waals surface area (Å²) in [6, 6.07) is 37.5. The summed E-state index contributed by atoms with van der Waals surface area (Å²) in [5, 5.41) is 96.7. The molecule has 4 saturated heterocycles. The van der Waals surface area contributed by atoms with Crippen molar-refractivity contribution in [2.45, 2.75) is 218 Å². The van der Waals surface area contributed by atoms with Gasteiger partial charge in [0.1, 0.15) is 25.3 Å². The second kappa shape index (κ2) is 108. The highest BCUT2D eigenvalue weighted by molar-refractivity contribution is 8.00. The van der Waals surface area contributed by atoms with Crippen LogP contribution in [0.4, 0.5) is 52.7 Å². The molecule has 51 heteroatoms. The average molecular weight is 2150 g/mol. The Labute approximate surface area is 879 Å². The van der Waals surface area contributed by atoms with E-state index in [-0.39, 0.29) is 139 Å². The number of urea groups is 2. The molecule has 148 heavy (non-hydrogen) atoms. The molecule has 8 atom stereocenters. The van der Waals surface area contributed by atoms with Gasteiger partial charge in [-0.3, -0.25) is 30.0 Å². The van der Waals surface area contributed by atoms with Gasteiger partial charge in [-0.15, -0.1) is 0 Å². The van der Waals surface area contributed by atoms with Crippen molar-refractivity contribution in [3.8, 4) is 0 Å². The van der Waals surface area contributed by atoms with E-state index in [9.17, 15) is 71.9 Å². The Morgan fingerprint density at radius 3 is 0.851 bits per heavy atom. The van der Waals surface area contributed by atoms with E-state index in [0.717, 1.165) is 126 Å². The summed E-state index contributed by atoms with van der Waals surface area (Å²) >= 11 is 3.72. The minimum absolute atomic E-state index is 0.0604. The van der Waals surface area contributed by atoms with Crippen LogP contribution in [-0.2, 0) is 87.9 Å². The molecular formula is C97H171N17O32S2. The Balaban J connectivity index is -0.000000309. The van der Waals surface area contributed by atoms with Crippen LogP contribution in [-0.4, -0.2) is 340 Å². The van der Waals surface area contributed by atoms with Gasteiger partial charge in [-0.1, -0.05) is 215 Å². The molecule has 25 N–H and O–H groups in total. The first-order valence-electron chi connectivity index (χ1n) is 48.2. The topological polar surface area (TPSA) is 705 Å². The normalized spacial score (nSPS) is 14.2. The number of aliphatic hydroxyl groups excluding tert-OH is 8. The molecule has 848 valence electrons. The summed E-state index contributed by atoms with van der Waals surface area (Å²) in [4.78, 5) is 167. The van der Waals surface area contributed by atoms with Gasteiger partial charge in [-0.05, 0) is 60.8 Å². The van der Waals surface area contributed by atoms with E-state index >= 15 is 0 Å². The summed E-state index contributed by atoms with van der Waals surface area (Å²) in [6.07, 6.45) is 7.83. The van der Waals surface area contributed by atoms with Crippen molar-refractivity contribution in [3.63, 3.8) is 0 Å². The number of alkyl carbamates (subject to hydrolysis) is 7. The number of carbonyl (C=O) groups excluding carboxylic acids is 15. The molecule has 8 rings (SSSR count). The molecule has 4 aliphatic heterocycles. The number of nitrogens with one attached hydrogen (secondary N) is 17. The summed E-state index contributed by atoms with van der Waals surface area (Å²) < 4.78 is 40.1. The van der Waals surface area contributed by atoms with Gasteiger partial charge in [0.15, 0.2) is 0 Å². The minimum Gasteiger partial charge on any atom is -0.453 e. The number of hydrogen-bond acceptors (Lipinski definition) is 34. The quantitative estimate of drug-likeness (QED) is 0.00989. The largest absolute Gasteiger partial charge is 0.453 e. The van der Waals surface area contributed by atoms with E-state index in [0.29, 0.717) is 49.3 Å². The van der Waals surface area contributed by atoms with Crippen LogP contribution >= 0.6 is 23.5 Å². The maximum atomic E-state index is 12.5. The van der Waals surface area contributed by atoms with Crippen LogP contribution in [0.3, 0.4) is 0 Å². The zero-order valence-corrected chi connectivity index (χ0v) is 90.6. The van der Waals surface area contributed by atoms with E-state index in [1.807, 2.05) is 173 Å². The first-order valence-corrected chi connectivity index (χ1v) is 50.3. The van der Waals surface area contributed by atoms with Gasteiger partial charge in [0.05, 0.1) is 107 Å². The number of hydrogen-bond donors (Lipinski definition) is 25. The zero-order valence-electron chi connectivity index (χ0n) is 89.0. The van der Waals surface area contributed by atoms with Crippen molar-refractivity contribution in [1.82, 2.24) is 90.8 Å². The summed E-state index contributed by atoms with van der Waals surface area (Å²) in [7, 11) is 11.8. The Hall–Kier alpha value is -12.9. The number of thioether (sulfide) groups is 2. The molecule has 0 spiro atoms. The molecule has 4 aromatic carbocycles. The van der Waals surface area contributed by atoms with Gasteiger partial charge in [-0.25, -0.2) is 63.6 Å². The molecule has 8 unspecified atom stereocenters. The molecule has 0 bridgehead atoms. The fourth-order valence-corrected chi connectivity index (χ4v) is 14.4. The Bertz CT molecular complexity index is 3790. The predicted octanol–water partition coefficient (Wildman–Crippen LogP) is 6.44. The average Bonchev–Trinajstić information content (AvgIpc) is 1.67. The molecule has 17 amide bonds. The van der Waals surface area contributed by atoms with Crippen molar-refractivity contribution in [2.75, 3.05) is 161 Å². The standard InChI is InChI=1S/C22H28N2O3.C21H26N2O3.2C12H20N4O4S.5C4H9NO3.C3H8.2C2H6.3CH4O/c1-2-3-10-15-23-21(25)20(16-18-11-6-4-7-12-18)24-22(26)27-17-19-13-8-5-9-14-19;1-2-3-14-22-20(24)19(15-17-10-6-4-7-11-17)23-21(25)26-16-18-12-8-5-9-13-18;2*1-20-12(19)16-15-9(17)5-3-2-4-8-10-7(6-21-8)13-11(18)14-10;5*1-8-4(7)5-2-3-6;1-3-2;5*1-2/h4-9,11-14,20H,2-3,10,15-17H2,1H3,(H,23,25)(H,24,26);4-13,19H,2-3,14-16H2,1H3,(H,22,24)(H,23,25);2*7-8,10H,2-6H2,1H3,(H,15,17)(H,16,19)(H2,13,14,18);5*6H,2-3H2,1H3,(H,5,7);3H2,1-2H3;2*1-2H3;3*2H,1H3.